The molecule has 0 aromatic heterocycles. The van der Waals surface area contributed by atoms with Gasteiger partial charge in [-0.15, -0.1) is 0 Å². The monoisotopic (exact) mass is 217 g/mol. The van der Waals surface area contributed by atoms with Crippen LogP contribution >= 0.6 is 0 Å². The molecule has 0 N–H and O–H groups in total. The molecule has 16 heavy (non-hydrogen) atoms. The molecule has 1 rings (SSSR count). The van der Waals surface area contributed by atoms with Crippen molar-refractivity contribution in [1.29, 1.82) is 0 Å². The van der Waals surface area contributed by atoms with Gasteiger partial charge in [0.1, 0.15) is 0 Å². The predicted octanol–water partition coefficient (Wildman–Crippen LogP) is 4.69. The summed E-state index contributed by atoms with van der Waals surface area (Å²) in [6, 6.07) is 5.73. The maximum Gasteiger partial charge on any atom is -0.0141 e. The number of rotatable bonds is 5. The van der Waals surface area contributed by atoms with Crippen LogP contribution in [0.15, 0.2) is 6.07 Å². The zero-order valence-corrected chi connectivity index (χ0v) is 11.5. The van der Waals surface area contributed by atoms with Crippen LogP contribution in [0.25, 0.3) is 0 Å². The fourth-order valence-electron chi connectivity index (χ4n) is 2.50. The van der Waals surface area contributed by atoms with Crippen LogP contribution in [-0.2, 0) is 19.3 Å². The van der Waals surface area contributed by atoms with Gasteiger partial charge in [-0.2, -0.15) is 0 Å². The van der Waals surface area contributed by atoms with Crippen LogP contribution in [0, 0.1) is 6.07 Å². The van der Waals surface area contributed by atoms with Gasteiger partial charge in [0.2, 0.25) is 0 Å². The summed E-state index contributed by atoms with van der Waals surface area (Å²) in [7, 11) is 0. The van der Waals surface area contributed by atoms with Gasteiger partial charge >= 0.3 is 0 Å². The summed E-state index contributed by atoms with van der Waals surface area (Å²) in [5.74, 6) is 0.595. The normalized spacial score (nSPS) is 11.1. The highest BCUT2D eigenvalue weighted by Gasteiger charge is 2.12. The summed E-state index contributed by atoms with van der Waals surface area (Å²) in [6.45, 7) is 11.3. The summed E-state index contributed by atoms with van der Waals surface area (Å²) < 4.78 is 0. The number of aryl methyl sites for hydroxylation is 1. The van der Waals surface area contributed by atoms with E-state index in [1.807, 2.05) is 0 Å². The quantitative estimate of drug-likeness (QED) is 0.671. The second-order valence-electron chi connectivity index (χ2n) is 4.80. The first kappa shape index (κ1) is 13.3. The Morgan fingerprint density at radius 3 is 2.19 bits per heavy atom. The van der Waals surface area contributed by atoms with Gasteiger partial charge in [0.15, 0.2) is 0 Å². The molecule has 0 spiro atoms. The SMILES string of the molecule is CCCc1c(C(C)C)[c]cc(CC)c1CC. The molecular formula is C16H25. The van der Waals surface area contributed by atoms with Crippen LogP contribution in [0.4, 0.5) is 0 Å². The molecule has 1 radical (unpaired) electrons. The Labute approximate surface area is 101 Å². The molecule has 0 unspecified atom stereocenters. The summed E-state index contributed by atoms with van der Waals surface area (Å²) in [6.07, 6.45) is 4.73. The van der Waals surface area contributed by atoms with Crippen molar-refractivity contribution in [3.8, 4) is 0 Å². The molecule has 0 nitrogen and oxygen atoms in total. The average molecular weight is 217 g/mol. The van der Waals surface area contributed by atoms with Gasteiger partial charge < -0.3 is 0 Å². The molecule has 1 aromatic carbocycles. The van der Waals surface area contributed by atoms with Crippen LogP contribution < -0.4 is 0 Å². The van der Waals surface area contributed by atoms with E-state index in [-0.39, 0.29) is 0 Å². The average Bonchev–Trinajstić information content (AvgIpc) is 2.28. The third kappa shape index (κ3) is 2.66. The molecule has 0 fully saturated rings. The van der Waals surface area contributed by atoms with E-state index in [1.54, 1.807) is 11.1 Å². The van der Waals surface area contributed by atoms with Crippen molar-refractivity contribution in [2.75, 3.05) is 0 Å². The highest BCUT2D eigenvalue weighted by molar-refractivity contribution is 5.42. The first-order valence-electron chi connectivity index (χ1n) is 6.70. The Bertz CT molecular complexity index is 334. The van der Waals surface area contributed by atoms with Crippen molar-refractivity contribution in [2.45, 2.75) is 66.2 Å². The van der Waals surface area contributed by atoms with Crippen molar-refractivity contribution >= 4 is 0 Å². The van der Waals surface area contributed by atoms with Gasteiger partial charge in [-0.3, -0.25) is 0 Å². The Kier molecular flexibility index (Phi) is 5.05. The summed E-state index contributed by atoms with van der Waals surface area (Å²) in [5, 5.41) is 0. The molecular weight excluding hydrogens is 192 g/mol. The molecule has 1 aromatic rings. The number of benzene rings is 1. The van der Waals surface area contributed by atoms with Crippen molar-refractivity contribution in [1.82, 2.24) is 0 Å². The fraction of sp³-hybridized carbons (Fsp3) is 0.625. The topological polar surface area (TPSA) is 0 Å². The standard InChI is InChI=1S/C16H25/c1-6-9-16-14(8-3)13(7-2)10-11-15(16)12(4)5/h10,12H,6-9H2,1-5H3. The maximum atomic E-state index is 3.52. The van der Waals surface area contributed by atoms with Gasteiger partial charge in [0, 0.05) is 0 Å². The minimum atomic E-state index is 0.595. The minimum absolute atomic E-state index is 0.595. The largest absolute Gasteiger partial charge is 0.0651 e. The molecule has 0 saturated carbocycles. The van der Waals surface area contributed by atoms with E-state index in [0.29, 0.717) is 5.92 Å². The number of hydrogen-bond donors (Lipinski definition) is 0. The Morgan fingerprint density at radius 1 is 1.06 bits per heavy atom. The predicted molar refractivity (Wildman–Crippen MR) is 72.1 cm³/mol. The van der Waals surface area contributed by atoms with Gasteiger partial charge in [-0.1, -0.05) is 47.1 Å². The van der Waals surface area contributed by atoms with E-state index in [9.17, 15) is 0 Å². The molecule has 0 aliphatic rings. The lowest BCUT2D eigenvalue weighted by molar-refractivity contribution is 0.801. The van der Waals surface area contributed by atoms with Crippen molar-refractivity contribution in [3.63, 3.8) is 0 Å². The first-order chi connectivity index (χ1) is 7.65. The fourth-order valence-corrected chi connectivity index (χ4v) is 2.50. The minimum Gasteiger partial charge on any atom is -0.0651 e. The molecule has 0 aliphatic heterocycles. The van der Waals surface area contributed by atoms with E-state index in [2.05, 4.69) is 46.8 Å². The number of hydrogen-bond acceptors (Lipinski definition) is 0. The summed E-state index contributed by atoms with van der Waals surface area (Å²) >= 11 is 0. The third-order valence-corrected chi connectivity index (χ3v) is 3.29. The second-order valence-corrected chi connectivity index (χ2v) is 4.80. The van der Waals surface area contributed by atoms with Gasteiger partial charge in [-0.25, -0.2) is 0 Å². The van der Waals surface area contributed by atoms with E-state index >= 15 is 0 Å². The lowest BCUT2D eigenvalue weighted by atomic mass is 9.86. The summed E-state index contributed by atoms with van der Waals surface area (Å²) in [5.41, 5.74) is 6.11. The molecule has 0 saturated heterocycles. The Morgan fingerprint density at radius 2 is 1.75 bits per heavy atom. The van der Waals surface area contributed by atoms with Crippen LogP contribution in [-0.4, -0.2) is 0 Å². The lowest BCUT2D eigenvalue weighted by Gasteiger charge is -2.19. The van der Waals surface area contributed by atoms with E-state index < -0.39 is 0 Å². The maximum absolute atomic E-state index is 3.52. The van der Waals surface area contributed by atoms with Crippen LogP contribution in [0.5, 0.6) is 0 Å². The molecule has 89 valence electrons. The Hall–Kier alpha value is -0.780. The van der Waals surface area contributed by atoms with Crippen LogP contribution in [0.3, 0.4) is 0 Å². The van der Waals surface area contributed by atoms with Gasteiger partial charge in [-0.05, 0) is 53.5 Å². The highest BCUT2D eigenvalue weighted by Crippen LogP contribution is 2.27. The second kappa shape index (κ2) is 6.08. The molecule has 0 aliphatic carbocycles. The molecule has 0 atom stereocenters. The van der Waals surface area contributed by atoms with E-state index in [1.165, 1.54) is 24.0 Å². The molecule has 0 bridgehead atoms. The van der Waals surface area contributed by atoms with Crippen LogP contribution in [0.2, 0.25) is 0 Å². The molecule has 0 heterocycles. The third-order valence-electron chi connectivity index (χ3n) is 3.29. The molecule has 0 heteroatoms. The van der Waals surface area contributed by atoms with Gasteiger partial charge in [0.05, 0.1) is 0 Å². The first-order valence-corrected chi connectivity index (χ1v) is 6.70. The highest BCUT2D eigenvalue weighted by atomic mass is 14.2. The van der Waals surface area contributed by atoms with Crippen molar-refractivity contribution in [2.24, 2.45) is 0 Å². The zero-order chi connectivity index (χ0) is 12.1. The van der Waals surface area contributed by atoms with E-state index in [4.69, 9.17) is 0 Å². The molecule has 0 amide bonds. The van der Waals surface area contributed by atoms with Crippen molar-refractivity contribution in [3.05, 3.63) is 34.4 Å². The van der Waals surface area contributed by atoms with Crippen molar-refractivity contribution < 1.29 is 0 Å². The summed E-state index contributed by atoms with van der Waals surface area (Å²) in [4.78, 5) is 0. The van der Waals surface area contributed by atoms with Crippen LogP contribution in [0.1, 0.15) is 69.2 Å². The van der Waals surface area contributed by atoms with Gasteiger partial charge in [0.25, 0.3) is 0 Å². The zero-order valence-electron chi connectivity index (χ0n) is 11.5. The lowest BCUT2D eigenvalue weighted by Crippen LogP contribution is -2.05. The Balaban J connectivity index is 3.31. The van der Waals surface area contributed by atoms with E-state index in [0.717, 1.165) is 12.8 Å². The smallest absolute Gasteiger partial charge is 0.0141 e.